The van der Waals surface area contributed by atoms with Crippen LogP contribution in [0.4, 0.5) is 9.59 Å². The second-order valence-corrected chi connectivity index (χ2v) is 13.7. The first-order valence-electron chi connectivity index (χ1n) is 16.4. The molecule has 4 N–H and O–H groups in total. The van der Waals surface area contributed by atoms with E-state index in [1.807, 2.05) is 64.1 Å². The molecule has 0 saturated heterocycles. The SMILES string of the molecule is CC(C)c1nc(CN(C)C(=O)N(C(=O)OC(C)(C)C)N(C[C@@H](O)CCc2ccccc2)C(NC(=O)C(N)C(C)C)c2ccccc2)co1. The van der Waals surface area contributed by atoms with Gasteiger partial charge in [-0.25, -0.2) is 14.6 Å². The van der Waals surface area contributed by atoms with Gasteiger partial charge in [0.2, 0.25) is 5.91 Å². The van der Waals surface area contributed by atoms with Gasteiger partial charge in [0.25, 0.3) is 0 Å². The van der Waals surface area contributed by atoms with Gasteiger partial charge < -0.3 is 30.2 Å². The maximum Gasteiger partial charge on any atom is 0.433 e. The topological polar surface area (TPSA) is 154 Å². The molecule has 0 spiro atoms. The molecule has 0 radical (unpaired) electrons. The van der Waals surface area contributed by atoms with Crippen molar-refractivity contribution in [3.63, 3.8) is 0 Å². The predicted molar refractivity (Wildman–Crippen MR) is 183 cm³/mol. The van der Waals surface area contributed by atoms with Gasteiger partial charge in [-0.15, -0.1) is 0 Å². The van der Waals surface area contributed by atoms with Gasteiger partial charge in [0.05, 0.1) is 24.4 Å². The summed E-state index contributed by atoms with van der Waals surface area (Å²) >= 11 is 0. The summed E-state index contributed by atoms with van der Waals surface area (Å²) in [5.41, 5.74) is 7.35. The first kappa shape index (κ1) is 38.2. The maximum atomic E-state index is 14.4. The van der Waals surface area contributed by atoms with Gasteiger partial charge in [-0.05, 0) is 50.7 Å². The molecule has 0 aliphatic carbocycles. The monoisotopic (exact) mass is 664 g/mol. The van der Waals surface area contributed by atoms with Crippen molar-refractivity contribution in [2.75, 3.05) is 13.6 Å². The number of oxazole rings is 1. The normalized spacial score (nSPS) is 13.7. The van der Waals surface area contributed by atoms with Gasteiger partial charge in [-0.2, -0.15) is 10.0 Å². The molecule has 0 bridgehead atoms. The van der Waals surface area contributed by atoms with Crippen molar-refractivity contribution in [1.82, 2.24) is 25.2 Å². The van der Waals surface area contributed by atoms with Crippen LogP contribution in [-0.4, -0.2) is 74.4 Å². The number of benzene rings is 2. The molecular formula is C36H52N6O6. The second kappa shape index (κ2) is 17.2. The van der Waals surface area contributed by atoms with E-state index in [4.69, 9.17) is 14.9 Å². The molecule has 0 aliphatic rings. The molecule has 0 aliphatic heterocycles. The fraction of sp³-hybridized carbons (Fsp3) is 0.500. The largest absolute Gasteiger partial charge is 0.448 e. The van der Waals surface area contributed by atoms with Gasteiger partial charge in [0.1, 0.15) is 18.0 Å². The summed E-state index contributed by atoms with van der Waals surface area (Å²) in [7, 11) is 1.53. The number of amides is 4. The summed E-state index contributed by atoms with van der Waals surface area (Å²) in [5.74, 6) is -0.125. The Morgan fingerprint density at radius 1 is 1.00 bits per heavy atom. The zero-order chi connectivity index (χ0) is 35.6. The van der Waals surface area contributed by atoms with E-state index >= 15 is 0 Å². The minimum atomic E-state index is -1.10. The van der Waals surface area contributed by atoms with Crippen LogP contribution in [-0.2, 0) is 22.5 Å². The van der Waals surface area contributed by atoms with Crippen LogP contribution in [0.5, 0.6) is 0 Å². The highest BCUT2D eigenvalue weighted by molar-refractivity contribution is 5.90. The molecule has 0 fully saturated rings. The Morgan fingerprint density at radius 3 is 2.15 bits per heavy atom. The number of aliphatic hydroxyl groups is 1. The molecule has 3 rings (SSSR count). The Morgan fingerprint density at radius 2 is 1.60 bits per heavy atom. The molecule has 12 heteroatoms. The molecule has 1 aromatic heterocycles. The van der Waals surface area contributed by atoms with E-state index in [2.05, 4.69) is 10.3 Å². The number of nitrogens with two attached hydrogens (primary N) is 1. The van der Waals surface area contributed by atoms with Crippen LogP contribution in [0, 0.1) is 5.92 Å². The minimum absolute atomic E-state index is 0.0132. The first-order valence-corrected chi connectivity index (χ1v) is 16.4. The predicted octanol–water partition coefficient (Wildman–Crippen LogP) is 5.60. The first-order chi connectivity index (χ1) is 22.6. The third kappa shape index (κ3) is 11.2. The Bertz CT molecular complexity index is 1460. The lowest BCUT2D eigenvalue weighted by Crippen LogP contribution is -2.61. The molecule has 48 heavy (non-hydrogen) atoms. The number of nitrogens with one attached hydrogen (secondary N) is 1. The number of urea groups is 1. The fourth-order valence-electron chi connectivity index (χ4n) is 4.82. The van der Waals surface area contributed by atoms with Gasteiger partial charge in [0, 0.05) is 19.5 Å². The highest BCUT2D eigenvalue weighted by atomic mass is 16.6. The number of rotatable bonds is 14. The average molecular weight is 665 g/mol. The number of carbonyl (C=O) groups excluding carboxylic acids is 3. The molecule has 3 aromatic rings. The van der Waals surface area contributed by atoms with E-state index in [1.165, 1.54) is 23.2 Å². The van der Waals surface area contributed by atoms with Crippen molar-refractivity contribution in [1.29, 1.82) is 0 Å². The fourth-order valence-corrected chi connectivity index (χ4v) is 4.82. The zero-order valence-electron chi connectivity index (χ0n) is 29.4. The average Bonchev–Trinajstić information content (AvgIpc) is 3.50. The molecule has 2 aromatic carbocycles. The van der Waals surface area contributed by atoms with E-state index < -0.39 is 41.9 Å². The van der Waals surface area contributed by atoms with Gasteiger partial charge >= 0.3 is 12.1 Å². The molecule has 1 heterocycles. The minimum Gasteiger partial charge on any atom is -0.448 e. The number of aromatic nitrogens is 1. The van der Waals surface area contributed by atoms with E-state index in [9.17, 15) is 19.5 Å². The Hall–Kier alpha value is -4.26. The lowest BCUT2D eigenvalue weighted by molar-refractivity contribution is -0.130. The molecule has 262 valence electrons. The zero-order valence-corrected chi connectivity index (χ0v) is 29.4. The summed E-state index contributed by atoms with van der Waals surface area (Å²) in [6, 6.07) is 16.9. The smallest absolute Gasteiger partial charge is 0.433 e. The van der Waals surface area contributed by atoms with Crippen molar-refractivity contribution >= 4 is 18.0 Å². The molecule has 0 saturated carbocycles. The number of hydrogen-bond donors (Lipinski definition) is 3. The number of carbonyl (C=O) groups is 3. The van der Waals surface area contributed by atoms with Gasteiger partial charge in [-0.1, -0.05) is 88.4 Å². The van der Waals surface area contributed by atoms with Crippen molar-refractivity contribution in [3.8, 4) is 0 Å². The summed E-state index contributed by atoms with van der Waals surface area (Å²) in [5, 5.41) is 16.6. The van der Waals surface area contributed by atoms with Crippen molar-refractivity contribution < 1.29 is 28.6 Å². The van der Waals surface area contributed by atoms with Gasteiger partial charge in [0.15, 0.2) is 5.89 Å². The van der Waals surface area contributed by atoms with Crippen LogP contribution in [0.15, 0.2) is 71.3 Å². The molecule has 2 unspecified atom stereocenters. The molecular weight excluding hydrogens is 612 g/mol. The number of imide groups is 1. The van der Waals surface area contributed by atoms with Crippen molar-refractivity contribution in [2.45, 2.75) is 97.7 Å². The number of nitrogens with zero attached hydrogens (tertiary/aromatic N) is 4. The third-order valence-corrected chi connectivity index (χ3v) is 7.51. The third-order valence-electron chi connectivity index (χ3n) is 7.51. The second-order valence-electron chi connectivity index (χ2n) is 13.7. The van der Waals surface area contributed by atoms with E-state index in [0.29, 0.717) is 30.0 Å². The quantitative estimate of drug-likeness (QED) is 0.148. The van der Waals surface area contributed by atoms with E-state index in [-0.39, 0.29) is 24.9 Å². The summed E-state index contributed by atoms with van der Waals surface area (Å²) < 4.78 is 11.3. The molecule has 3 atom stereocenters. The Balaban J connectivity index is 2.11. The highest BCUT2D eigenvalue weighted by Crippen LogP contribution is 2.26. The lowest BCUT2D eigenvalue weighted by atomic mass is 10.0. The lowest BCUT2D eigenvalue weighted by Gasteiger charge is -2.42. The Labute approximate surface area is 284 Å². The van der Waals surface area contributed by atoms with Gasteiger partial charge in [-0.3, -0.25) is 4.79 Å². The maximum absolute atomic E-state index is 14.4. The van der Waals surface area contributed by atoms with Crippen LogP contribution in [0.3, 0.4) is 0 Å². The summed E-state index contributed by atoms with van der Waals surface area (Å²) in [6.45, 7) is 12.4. The van der Waals surface area contributed by atoms with Crippen LogP contribution in [0.1, 0.15) is 89.7 Å². The van der Waals surface area contributed by atoms with Crippen LogP contribution >= 0.6 is 0 Å². The van der Waals surface area contributed by atoms with Crippen molar-refractivity contribution in [2.24, 2.45) is 11.7 Å². The number of hydrogen-bond acceptors (Lipinski definition) is 9. The Kier molecular flexibility index (Phi) is 13.7. The number of aryl methyl sites for hydroxylation is 1. The van der Waals surface area contributed by atoms with Crippen molar-refractivity contribution in [3.05, 3.63) is 89.6 Å². The van der Waals surface area contributed by atoms with Crippen LogP contribution < -0.4 is 11.1 Å². The number of ether oxygens (including phenoxy) is 1. The van der Waals surface area contributed by atoms with Crippen LogP contribution in [0.25, 0.3) is 0 Å². The standard InChI is InChI=1S/C36H52N6O6/c1-24(2)30(37)32(44)39-31(27-17-13-10-14-18-27)41(22-29(43)20-19-26-15-11-9-12-16-26)42(35(46)48-36(5,6)7)34(45)40(8)21-28-23-47-33(38-28)25(3)4/h9-18,23-25,29-31,43H,19-22,37H2,1-8H3,(H,39,44)/t29-,30?,31?/m0/s1. The van der Waals surface area contributed by atoms with E-state index in [1.54, 1.807) is 45.0 Å². The number of hydrazine groups is 1. The summed E-state index contributed by atoms with van der Waals surface area (Å²) in [6.07, 6.45) is -0.784. The number of aliphatic hydroxyl groups excluding tert-OH is 1. The van der Waals surface area contributed by atoms with Crippen LogP contribution in [0.2, 0.25) is 0 Å². The summed E-state index contributed by atoms with van der Waals surface area (Å²) in [4.78, 5) is 47.8. The van der Waals surface area contributed by atoms with E-state index in [0.717, 1.165) is 10.6 Å². The highest BCUT2D eigenvalue weighted by Gasteiger charge is 2.40. The molecule has 12 nitrogen and oxygen atoms in total. The molecule has 4 amide bonds.